The highest BCUT2D eigenvalue weighted by Crippen LogP contribution is 2.11. The van der Waals surface area contributed by atoms with Crippen LogP contribution in [0.15, 0.2) is 5.16 Å². The van der Waals surface area contributed by atoms with Crippen LogP contribution >= 0.6 is 0 Å². The van der Waals surface area contributed by atoms with Crippen molar-refractivity contribution >= 4 is 11.7 Å². The van der Waals surface area contributed by atoms with Gasteiger partial charge in [-0.3, -0.25) is 4.79 Å². The van der Waals surface area contributed by atoms with Gasteiger partial charge in [-0.2, -0.15) is 0 Å². The van der Waals surface area contributed by atoms with Gasteiger partial charge in [0.1, 0.15) is 5.92 Å². The van der Waals surface area contributed by atoms with Crippen LogP contribution in [0.5, 0.6) is 0 Å². The van der Waals surface area contributed by atoms with Crippen LogP contribution in [-0.4, -0.2) is 23.5 Å². The van der Waals surface area contributed by atoms with Gasteiger partial charge < -0.3 is 16.3 Å². The molecule has 0 saturated heterocycles. The van der Waals surface area contributed by atoms with E-state index in [-0.39, 0.29) is 17.7 Å². The number of nitrogens with zero attached hydrogens (tertiary/aromatic N) is 1. The van der Waals surface area contributed by atoms with Crippen LogP contribution < -0.4 is 11.1 Å². The molecule has 0 heterocycles. The number of rotatable bonds is 7. The predicted molar refractivity (Wildman–Crippen MR) is 64.3 cm³/mol. The standard InChI is InChI=1S/C11H23N3O2/c1-4-5-6-7-13-11(15)9(8(2)3)10(12)14-16/h8-9,16H,4-7H2,1-3H3,(H2,12,14)(H,13,15). The van der Waals surface area contributed by atoms with Gasteiger partial charge in [-0.25, -0.2) is 0 Å². The zero-order chi connectivity index (χ0) is 12.6. The molecule has 1 amide bonds. The van der Waals surface area contributed by atoms with Crippen LogP contribution in [0, 0.1) is 11.8 Å². The first-order valence-electron chi connectivity index (χ1n) is 5.79. The van der Waals surface area contributed by atoms with E-state index < -0.39 is 5.92 Å². The van der Waals surface area contributed by atoms with E-state index in [0.29, 0.717) is 6.54 Å². The fourth-order valence-corrected chi connectivity index (χ4v) is 1.54. The second-order valence-corrected chi connectivity index (χ2v) is 4.24. The average Bonchev–Trinajstić information content (AvgIpc) is 2.23. The summed E-state index contributed by atoms with van der Waals surface area (Å²) in [6.07, 6.45) is 3.17. The molecule has 1 unspecified atom stereocenters. The number of nitrogens with one attached hydrogen (secondary N) is 1. The van der Waals surface area contributed by atoms with E-state index in [9.17, 15) is 4.79 Å². The molecule has 5 heteroatoms. The SMILES string of the molecule is CCCCCNC(=O)C(C(N)=NO)C(C)C. The molecule has 0 aromatic carbocycles. The Hall–Kier alpha value is -1.26. The fraction of sp³-hybridized carbons (Fsp3) is 0.818. The van der Waals surface area contributed by atoms with Crippen molar-refractivity contribution in [1.82, 2.24) is 5.32 Å². The van der Waals surface area contributed by atoms with Gasteiger partial charge in [0.15, 0.2) is 5.84 Å². The van der Waals surface area contributed by atoms with Crippen molar-refractivity contribution in [2.24, 2.45) is 22.7 Å². The van der Waals surface area contributed by atoms with Crippen molar-refractivity contribution in [3.05, 3.63) is 0 Å². The Morgan fingerprint density at radius 2 is 2.06 bits per heavy atom. The number of nitrogens with two attached hydrogens (primary N) is 1. The fourth-order valence-electron chi connectivity index (χ4n) is 1.54. The van der Waals surface area contributed by atoms with Gasteiger partial charge in [-0.1, -0.05) is 38.8 Å². The summed E-state index contributed by atoms with van der Waals surface area (Å²) in [6, 6.07) is 0. The summed E-state index contributed by atoms with van der Waals surface area (Å²) < 4.78 is 0. The van der Waals surface area contributed by atoms with Gasteiger partial charge >= 0.3 is 0 Å². The van der Waals surface area contributed by atoms with E-state index >= 15 is 0 Å². The molecule has 4 N–H and O–H groups in total. The zero-order valence-corrected chi connectivity index (χ0v) is 10.4. The van der Waals surface area contributed by atoms with E-state index in [1.54, 1.807) is 0 Å². The highest BCUT2D eigenvalue weighted by molar-refractivity contribution is 6.02. The van der Waals surface area contributed by atoms with Gasteiger partial charge in [0, 0.05) is 6.54 Å². The van der Waals surface area contributed by atoms with Crippen molar-refractivity contribution in [2.45, 2.75) is 40.0 Å². The molecule has 0 saturated carbocycles. The van der Waals surface area contributed by atoms with Crippen molar-refractivity contribution in [2.75, 3.05) is 6.54 Å². The Bertz CT molecular complexity index is 239. The summed E-state index contributed by atoms with van der Waals surface area (Å²) in [7, 11) is 0. The zero-order valence-electron chi connectivity index (χ0n) is 10.4. The van der Waals surface area contributed by atoms with E-state index in [2.05, 4.69) is 17.4 Å². The molecule has 0 fully saturated rings. The Morgan fingerprint density at radius 3 is 2.50 bits per heavy atom. The highest BCUT2D eigenvalue weighted by Gasteiger charge is 2.26. The number of amides is 1. The van der Waals surface area contributed by atoms with E-state index in [1.165, 1.54) is 0 Å². The smallest absolute Gasteiger partial charge is 0.231 e. The first-order chi connectivity index (χ1) is 7.54. The monoisotopic (exact) mass is 229 g/mol. The Labute approximate surface area is 97.1 Å². The molecule has 1 atom stereocenters. The van der Waals surface area contributed by atoms with Crippen molar-refractivity contribution in [1.29, 1.82) is 0 Å². The maximum Gasteiger partial charge on any atom is 0.231 e. The highest BCUT2D eigenvalue weighted by atomic mass is 16.4. The molecule has 0 aliphatic rings. The summed E-state index contributed by atoms with van der Waals surface area (Å²) in [4.78, 5) is 11.8. The van der Waals surface area contributed by atoms with Crippen LogP contribution in [-0.2, 0) is 4.79 Å². The maximum atomic E-state index is 11.8. The summed E-state index contributed by atoms with van der Waals surface area (Å²) in [6.45, 7) is 6.49. The quantitative estimate of drug-likeness (QED) is 0.202. The van der Waals surface area contributed by atoms with E-state index in [1.807, 2.05) is 13.8 Å². The molecule has 0 spiro atoms. The van der Waals surface area contributed by atoms with Crippen molar-refractivity contribution in [3.8, 4) is 0 Å². The van der Waals surface area contributed by atoms with Crippen LogP contribution in [0.2, 0.25) is 0 Å². The topological polar surface area (TPSA) is 87.7 Å². The largest absolute Gasteiger partial charge is 0.409 e. The Morgan fingerprint density at radius 1 is 1.44 bits per heavy atom. The average molecular weight is 229 g/mol. The maximum absolute atomic E-state index is 11.8. The molecule has 0 aliphatic carbocycles. The lowest BCUT2D eigenvalue weighted by atomic mass is 9.94. The third kappa shape index (κ3) is 5.00. The minimum absolute atomic E-state index is 0.0158. The normalized spacial score (nSPS) is 13.9. The van der Waals surface area contributed by atoms with Gasteiger partial charge in [0.05, 0.1) is 0 Å². The molecule has 0 rings (SSSR count). The lowest BCUT2D eigenvalue weighted by Gasteiger charge is -2.18. The van der Waals surface area contributed by atoms with Crippen LogP contribution in [0.3, 0.4) is 0 Å². The number of unbranched alkanes of at least 4 members (excludes halogenated alkanes) is 2. The molecular weight excluding hydrogens is 206 g/mol. The Kier molecular flexibility index (Phi) is 7.33. The molecule has 16 heavy (non-hydrogen) atoms. The molecule has 0 bridgehead atoms. The summed E-state index contributed by atoms with van der Waals surface area (Å²) in [5, 5.41) is 14.3. The predicted octanol–water partition coefficient (Wildman–Crippen LogP) is 1.31. The minimum atomic E-state index is -0.549. The summed E-state index contributed by atoms with van der Waals surface area (Å²) in [5.74, 6) is -0.724. The summed E-state index contributed by atoms with van der Waals surface area (Å²) >= 11 is 0. The summed E-state index contributed by atoms with van der Waals surface area (Å²) in [5.41, 5.74) is 5.49. The Balaban J connectivity index is 4.19. The van der Waals surface area contributed by atoms with Gasteiger partial charge in [-0.15, -0.1) is 0 Å². The van der Waals surface area contributed by atoms with Gasteiger partial charge in [-0.05, 0) is 12.3 Å². The van der Waals surface area contributed by atoms with E-state index in [0.717, 1.165) is 19.3 Å². The first-order valence-corrected chi connectivity index (χ1v) is 5.79. The molecule has 0 radical (unpaired) electrons. The van der Waals surface area contributed by atoms with E-state index in [4.69, 9.17) is 10.9 Å². The molecule has 5 nitrogen and oxygen atoms in total. The number of hydrogen-bond acceptors (Lipinski definition) is 3. The molecule has 0 aliphatic heterocycles. The number of carbonyl (C=O) groups is 1. The van der Waals surface area contributed by atoms with Crippen LogP contribution in [0.1, 0.15) is 40.0 Å². The first kappa shape index (κ1) is 14.7. The van der Waals surface area contributed by atoms with Gasteiger partial charge in [0.25, 0.3) is 0 Å². The van der Waals surface area contributed by atoms with Gasteiger partial charge in [0.2, 0.25) is 5.91 Å². The number of oxime groups is 1. The molecule has 0 aromatic heterocycles. The molecular formula is C11H23N3O2. The second-order valence-electron chi connectivity index (χ2n) is 4.24. The minimum Gasteiger partial charge on any atom is -0.409 e. The van der Waals surface area contributed by atoms with Crippen LogP contribution in [0.4, 0.5) is 0 Å². The molecule has 0 aromatic rings. The number of amidine groups is 1. The lowest BCUT2D eigenvalue weighted by molar-refractivity contribution is -0.124. The number of hydrogen-bond donors (Lipinski definition) is 3. The van der Waals surface area contributed by atoms with Crippen LogP contribution in [0.25, 0.3) is 0 Å². The van der Waals surface area contributed by atoms with Crippen molar-refractivity contribution < 1.29 is 10.0 Å². The third-order valence-corrected chi connectivity index (χ3v) is 2.46. The second kappa shape index (κ2) is 7.96. The lowest BCUT2D eigenvalue weighted by Crippen LogP contribution is -2.42. The number of carbonyl (C=O) groups excluding carboxylic acids is 1. The third-order valence-electron chi connectivity index (χ3n) is 2.46. The van der Waals surface area contributed by atoms with Crippen molar-refractivity contribution in [3.63, 3.8) is 0 Å². The molecule has 94 valence electrons.